The Hall–Kier alpha value is -3.04. The molecule has 0 aliphatic carbocycles. The van der Waals surface area contributed by atoms with Crippen LogP contribution in [0, 0.1) is 0 Å². The van der Waals surface area contributed by atoms with Gasteiger partial charge in [-0.05, 0) is 22.2 Å². The van der Waals surface area contributed by atoms with E-state index in [1.54, 1.807) is 6.20 Å². The average Bonchev–Trinajstić information content (AvgIpc) is 3.24. The maximum atomic E-state index is 10.1. The molecule has 0 spiro atoms. The SMILES string of the molecule is O[C@@H]1[C@@H](O)[C@H](n2cc(COc3cc4ccccc4c4ccccc34)nn2)OC[C@H]1O. The molecule has 3 aromatic carbocycles. The Morgan fingerprint density at radius 3 is 2.53 bits per heavy atom. The molecule has 1 saturated heterocycles. The summed E-state index contributed by atoms with van der Waals surface area (Å²) in [4.78, 5) is 0. The van der Waals surface area contributed by atoms with Crippen molar-refractivity contribution >= 4 is 21.5 Å². The van der Waals surface area contributed by atoms with Crippen LogP contribution < -0.4 is 4.74 Å². The van der Waals surface area contributed by atoms with Gasteiger partial charge in [-0.15, -0.1) is 5.10 Å². The molecule has 1 aliphatic heterocycles. The predicted octanol–water partition coefficient (Wildman–Crippen LogP) is 1.77. The summed E-state index contributed by atoms with van der Waals surface area (Å²) in [5, 5.41) is 42.0. The zero-order valence-corrected chi connectivity index (χ0v) is 16.0. The van der Waals surface area contributed by atoms with Gasteiger partial charge in [0.15, 0.2) is 6.23 Å². The van der Waals surface area contributed by atoms with Crippen LogP contribution in [0.1, 0.15) is 11.9 Å². The van der Waals surface area contributed by atoms with Gasteiger partial charge in [-0.2, -0.15) is 0 Å². The van der Waals surface area contributed by atoms with Crippen LogP contribution in [0.2, 0.25) is 0 Å². The fourth-order valence-electron chi connectivity index (χ4n) is 3.82. The minimum Gasteiger partial charge on any atom is -0.486 e. The van der Waals surface area contributed by atoms with Crippen LogP contribution in [0.3, 0.4) is 0 Å². The Balaban J connectivity index is 1.39. The molecule has 8 nitrogen and oxygen atoms in total. The highest BCUT2D eigenvalue weighted by Crippen LogP contribution is 2.33. The van der Waals surface area contributed by atoms with Gasteiger partial charge in [0.25, 0.3) is 0 Å². The topological polar surface area (TPSA) is 110 Å². The number of aliphatic hydroxyl groups excluding tert-OH is 3. The molecule has 0 amide bonds. The van der Waals surface area contributed by atoms with Gasteiger partial charge in [0.1, 0.15) is 36.4 Å². The molecule has 1 fully saturated rings. The summed E-state index contributed by atoms with van der Waals surface area (Å²) in [7, 11) is 0. The third kappa shape index (κ3) is 3.29. The van der Waals surface area contributed by atoms with Crippen molar-refractivity contribution in [1.29, 1.82) is 0 Å². The lowest BCUT2D eigenvalue weighted by Crippen LogP contribution is -2.50. The number of rotatable bonds is 4. The zero-order valence-electron chi connectivity index (χ0n) is 16.0. The quantitative estimate of drug-likeness (QED) is 0.442. The minimum atomic E-state index is -1.31. The first kappa shape index (κ1) is 19.0. The van der Waals surface area contributed by atoms with Crippen LogP contribution >= 0.6 is 0 Å². The van der Waals surface area contributed by atoms with E-state index in [1.165, 1.54) is 4.68 Å². The van der Waals surface area contributed by atoms with E-state index in [-0.39, 0.29) is 13.2 Å². The lowest BCUT2D eigenvalue weighted by Gasteiger charge is -2.34. The number of aromatic nitrogens is 3. The lowest BCUT2D eigenvalue weighted by molar-refractivity contribution is -0.214. The first-order valence-corrected chi connectivity index (χ1v) is 9.71. The fraction of sp³-hybridized carbons (Fsp3) is 0.273. The van der Waals surface area contributed by atoms with Crippen LogP contribution in [0.4, 0.5) is 0 Å². The number of aliphatic hydroxyl groups is 3. The van der Waals surface area contributed by atoms with Gasteiger partial charge in [-0.25, -0.2) is 4.68 Å². The number of ether oxygens (including phenoxy) is 2. The lowest BCUT2D eigenvalue weighted by atomic mass is 10.0. The Morgan fingerprint density at radius 2 is 1.70 bits per heavy atom. The predicted molar refractivity (Wildman–Crippen MR) is 109 cm³/mol. The van der Waals surface area contributed by atoms with Crippen molar-refractivity contribution in [1.82, 2.24) is 15.0 Å². The Kier molecular flexibility index (Phi) is 4.84. The van der Waals surface area contributed by atoms with Crippen molar-refractivity contribution in [3.05, 3.63) is 66.5 Å². The first-order chi connectivity index (χ1) is 14.6. The van der Waals surface area contributed by atoms with Crippen molar-refractivity contribution in [3.8, 4) is 5.75 Å². The first-order valence-electron chi connectivity index (χ1n) is 9.71. The highest BCUT2D eigenvalue weighted by atomic mass is 16.5. The fourth-order valence-corrected chi connectivity index (χ4v) is 3.82. The number of hydrogen-bond donors (Lipinski definition) is 3. The van der Waals surface area contributed by atoms with Gasteiger partial charge in [0.05, 0.1) is 12.8 Å². The highest BCUT2D eigenvalue weighted by Gasteiger charge is 2.39. The summed E-state index contributed by atoms with van der Waals surface area (Å²) in [6, 6.07) is 18.2. The van der Waals surface area contributed by atoms with Gasteiger partial charge in [0.2, 0.25) is 0 Å². The molecule has 8 heteroatoms. The molecule has 2 heterocycles. The molecule has 4 atom stereocenters. The third-order valence-corrected chi connectivity index (χ3v) is 5.40. The van der Waals surface area contributed by atoms with E-state index in [4.69, 9.17) is 9.47 Å². The Labute approximate surface area is 171 Å². The summed E-state index contributed by atoms with van der Waals surface area (Å²) in [5.41, 5.74) is 0.545. The largest absolute Gasteiger partial charge is 0.486 e. The summed E-state index contributed by atoms with van der Waals surface area (Å²) in [6.07, 6.45) is -3.08. The molecule has 0 bridgehead atoms. The van der Waals surface area contributed by atoms with Gasteiger partial charge >= 0.3 is 0 Å². The molecule has 30 heavy (non-hydrogen) atoms. The van der Waals surface area contributed by atoms with Gasteiger partial charge in [-0.1, -0.05) is 53.7 Å². The van der Waals surface area contributed by atoms with E-state index in [1.807, 2.05) is 42.5 Å². The van der Waals surface area contributed by atoms with Gasteiger partial charge in [0, 0.05) is 5.39 Å². The van der Waals surface area contributed by atoms with Gasteiger partial charge < -0.3 is 24.8 Å². The summed E-state index contributed by atoms with van der Waals surface area (Å²) in [5.74, 6) is 0.742. The maximum absolute atomic E-state index is 10.1. The van der Waals surface area contributed by atoms with Crippen molar-refractivity contribution in [3.63, 3.8) is 0 Å². The van der Waals surface area contributed by atoms with Crippen LogP contribution in [0.25, 0.3) is 21.5 Å². The van der Waals surface area contributed by atoms with Crippen molar-refractivity contribution < 1.29 is 24.8 Å². The summed E-state index contributed by atoms with van der Waals surface area (Å²) in [6.45, 7) is 0.0774. The Bertz CT molecular complexity index is 1190. The molecule has 0 saturated carbocycles. The summed E-state index contributed by atoms with van der Waals surface area (Å²) >= 11 is 0. The molecule has 1 aliphatic rings. The monoisotopic (exact) mass is 407 g/mol. The summed E-state index contributed by atoms with van der Waals surface area (Å²) < 4.78 is 12.8. The molecule has 4 aromatic rings. The number of benzene rings is 3. The second-order valence-electron chi connectivity index (χ2n) is 7.39. The smallest absolute Gasteiger partial charge is 0.180 e. The average molecular weight is 407 g/mol. The van der Waals surface area contributed by atoms with E-state index < -0.39 is 24.5 Å². The standard InChI is InChI=1S/C22H21N3O5/c26-18-12-30-22(21(28)20(18)27)25-10-14(23-24-25)11-29-19-9-13-5-1-2-6-15(13)16-7-3-4-8-17(16)19/h1-10,18,20-22,26-28H,11-12H2/t18-,20+,21-,22-/m1/s1. The van der Waals surface area contributed by atoms with Crippen LogP contribution in [-0.2, 0) is 11.3 Å². The number of hydrogen-bond acceptors (Lipinski definition) is 7. The van der Waals surface area contributed by atoms with E-state index in [9.17, 15) is 15.3 Å². The number of nitrogens with zero attached hydrogens (tertiary/aromatic N) is 3. The van der Waals surface area contributed by atoms with E-state index in [0.29, 0.717) is 5.69 Å². The maximum Gasteiger partial charge on any atom is 0.180 e. The van der Waals surface area contributed by atoms with Crippen molar-refractivity contribution in [2.75, 3.05) is 6.61 Å². The van der Waals surface area contributed by atoms with Crippen molar-refractivity contribution in [2.45, 2.75) is 31.1 Å². The molecule has 0 radical (unpaired) electrons. The second kappa shape index (κ2) is 7.66. The highest BCUT2D eigenvalue weighted by molar-refractivity contribution is 6.10. The van der Waals surface area contributed by atoms with E-state index >= 15 is 0 Å². The minimum absolute atomic E-state index is 0.0995. The third-order valence-electron chi connectivity index (χ3n) is 5.40. The molecular formula is C22H21N3O5. The Morgan fingerprint density at radius 1 is 0.967 bits per heavy atom. The van der Waals surface area contributed by atoms with E-state index in [2.05, 4.69) is 22.4 Å². The molecule has 0 unspecified atom stereocenters. The second-order valence-corrected chi connectivity index (χ2v) is 7.39. The number of fused-ring (bicyclic) bond motifs is 3. The van der Waals surface area contributed by atoms with Crippen molar-refractivity contribution in [2.24, 2.45) is 0 Å². The van der Waals surface area contributed by atoms with E-state index in [0.717, 1.165) is 27.3 Å². The molecule has 5 rings (SSSR count). The van der Waals surface area contributed by atoms with Gasteiger partial charge in [-0.3, -0.25) is 0 Å². The molecule has 3 N–H and O–H groups in total. The molecule has 1 aromatic heterocycles. The normalized spacial score (nSPS) is 24.4. The molecule has 154 valence electrons. The zero-order chi connectivity index (χ0) is 20.7. The van der Waals surface area contributed by atoms with Crippen LogP contribution in [-0.4, -0.2) is 55.2 Å². The van der Waals surface area contributed by atoms with Crippen LogP contribution in [0.15, 0.2) is 60.8 Å². The molecular weight excluding hydrogens is 386 g/mol. The van der Waals surface area contributed by atoms with Crippen LogP contribution in [0.5, 0.6) is 5.75 Å².